The van der Waals surface area contributed by atoms with E-state index in [0.717, 1.165) is 28.9 Å². The van der Waals surface area contributed by atoms with Gasteiger partial charge in [0.05, 0.1) is 12.2 Å². The number of fused-ring (bicyclic) bond motifs is 1. The maximum Gasteiger partial charge on any atom is 0.182 e. The molecule has 0 saturated heterocycles. The van der Waals surface area contributed by atoms with Gasteiger partial charge >= 0.3 is 0 Å². The molecule has 25 heavy (non-hydrogen) atoms. The molecule has 0 amide bonds. The van der Waals surface area contributed by atoms with Gasteiger partial charge in [-0.3, -0.25) is 0 Å². The van der Waals surface area contributed by atoms with Gasteiger partial charge in [0, 0.05) is 29.4 Å². The van der Waals surface area contributed by atoms with Gasteiger partial charge in [0.2, 0.25) is 0 Å². The Balaban J connectivity index is 1.57. The number of hydrogen-bond donors (Lipinski definition) is 1. The fraction of sp³-hybridized carbons (Fsp3) is 0.316. The van der Waals surface area contributed by atoms with Gasteiger partial charge in [0.25, 0.3) is 0 Å². The van der Waals surface area contributed by atoms with Crippen LogP contribution in [0.2, 0.25) is 0 Å². The molecule has 3 aromatic rings. The van der Waals surface area contributed by atoms with Gasteiger partial charge in [0.1, 0.15) is 6.61 Å². The van der Waals surface area contributed by atoms with E-state index < -0.39 is 0 Å². The minimum Gasteiger partial charge on any atom is -0.486 e. The lowest BCUT2D eigenvalue weighted by molar-refractivity contribution is 0.0778. The van der Waals surface area contributed by atoms with Gasteiger partial charge in [-0.15, -0.1) is 11.3 Å². The smallest absolute Gasteiger partial charge is 0.182 e. The summed E-state index contributed by atoms with van der Waals surface area (Å²) in [5, 5.41) is 6.12. The number of thiazole rings is 1. The lowest BCUT2D eigenvalue weighted by Gasteiger charge is -2.27. The zero-order chi connectivity index (χ0) is 17.4. The van der Waals surface area contributed by atoms with Crippen LogP contribution in [0.15, 0.2) is 35.7 Å². The van der Waals surface area contributed by atoms with Crippen LogP contribution in [0.4, 0.5) is 5.13 Å². The molecule has 0 unspecified atom stereocenters. The van der Waals surface area contributed by atoms with E-state index in [1.807, 2.05) is 31.3 Å². The number of anilines is 1. The number of nitrogens with zero attached hydrogens (tertiary/aromatic N) is 2. The maximum atomic E-state index is 6.11. The number of para-hydroxylation sites is 2. The molecule has 0 saturated carbocycles. The largest absolute Gasteiger partial charge is 0.486 e. The summed E-state index contributed by atoms with van der Waals surface area (Å²) in [6.07, 6.45) is -0.00384. The molecule has 1 N–H and O–H groups in total. The topological polar surface area (TPSA) is 48.3 Å². The Morgan fingerprint density at radius 2 is 2.08 bits per heavy atom. The molecule has 1 aromatic carbocycles. The van der Waals surface area contributed by atoms with E-state index in [1.165, 1.54) is 17.0 Å². The van der Waals surface area contributed by atoms with E-state index in [9.17, 15) is 0 Å². The summed E-state index contributed by atoms with van der Waals surface area (Å²) >= 11 is 1.62. The van der Waals surface area contributed by atoms with Crippen molar-refractivity contribution in [2.75, 3.05) is 19.0 Å². The van der Waals surface area contributed by atoms with Crippen LogP contribution >= 0.6 is 11.3 Å². The standard InChI is InChI=1S/C19H21N3O2S/c1-12-8-15(16-11-25-19(20-3)21-16)13(2)22(12)9-14-10-23-17-6-4-5-7-18(17)24-14/h4-8,11,14H,9-10H2,1-3H3,(H,20,21)/t14-/m0/s1. The second-order valence-corrected chi connectivity index (χ2v) is 7.04. The quantitative estimate of drug-likeness (QED) is 0.765. The fourth-order valence-corrected chi connectivity index (χ4v) is 3.88. The highest BCUT2D eigenvalue weighted by molar-refractivity contribution is 7.14. The van der Waals surface area contributed by atoms with E-state index in [0.29, 0.717) is 6.61 Å². The van der Waals surface area contributed by atoms with E-state index in [-0.39, 0.29) is 6.10 Å². The first kappa shape index (κ1) is 16.0. The van der Waals surface area contributed by atoms with Gasteiger partial charge in [0.15, 0.2) is 22.7 Å². The van der Waals surface area contributed by atoms with Crippen molar-refractivity contribution in [3.8, 4) is 22.8 Å². The molecule has 0 fully saturated rings. The first-order valence-electron chi connectivity index (χ1n) is 8.34. The number of aromatic nitrogens is 2. The third-order valence-corrected chi connectivity index (χ3v) is 5.38. The molecule has 6 heteroatoms. The van der Waals surface area contributed by atoms with Crippen molar-refractivity contribution >= 4 is 16.5 Å². The Kier molecular flexibility index (Phi) is 4.13. The van der Waals surface area contributed by atoms with E-state index >= 15 is 0 Å². The van der Waals surface area contributed by atoms with Crippen molar-refractivity contribution in [2.45, 2.75) is 26.5 Å². The molecule has 4 rings (SSSR count). The number of ether oxygens (including phenoxy) is 2. The van der Waals surface area contributed by atoms with Crippen molar-refractivity contribution in [1.29, 1.82) is 0 Å². The predicted molar refractivity (Wildman–Crippen MR) is 101 cm³/mol. The molecule has 5 nitrogen and oxygen atoms in total. The summed E-state index contributed by atoms with van der Waals surface area (Å²) in [7, 11) is 1.89. The average molecular weight is 355 g/mol. The van der Waals surface area contributed by atoms with Crippen molar-refractivity contribution in [3.05, 3.63) is 47.1 Å². The van der Waals surface area contributed by atoms with Crippen LogP contribution in [0.1, 0.15) is 11.4 Å². The number of nitrogens with one attached hydrogen (secondary N) is 1. The molecule has 2 aromatic heterocycles. The van der Waals surface area contributed by atoms with Crippen molar-refractivity contribution in [1.82, 2.24) is 9.55 Å². The molecule has 1 aliphatic rings. The summed E-state index contributed by atoms with van der Waals surface area (Å²) in [4.78, 5) is 4.63. The Morgan fingerprint density at radius 3 is 2.84 bits per heavy atom. The summed E-state index contributed by atoms with van der Waals surface area (Å²) in [5.41, 5.74) is 4.59. The Morgan fingerprint density at radius 1 is 1.28 bits per heavy atom. The summed E-state index contributed by atoms with van der Waals surface area (Å²) < 4.78 is 14.2. The van der Waals surface area contributed by atoms with Crippen LogP contribution in [0.5, 0.6) is 11.5 Å². The Hall–Kier alpha value is -2.47. The van der Waals surface area contributed by atoms with E-state index in [4.69, 9.17) is 9.47 Å². The third kappa shape index (κ3) is 2.98. The lowest BCUT2D eigenvalue weighted by atomic mass is 10.2. The fourth-order valence-electron chi connectivity index (χ4n) is 3.21. The van der Waals surface area contributed by atoms with Gasteiger partial charge in [-0.05, 0) is 32.0 Å². The molecule has 1 aliphatic heterocycles. The molecule has 0 radical (unpaired) electrons. The highest BCUT2D eigenvalue weighted by atomic mass is 32.1. The Bertz CT molecular complexity index is 900. The molecule has 0 aliphatic carbocycles. The van der Waals surface area contributed by atoms with Gasteiger partial charge in [-0.2, -0.15) is 0 Å². The SMILES string of the molecule is CNc1nc(-c2cc(C)n(C[C@H]3COc4ccccc4O3)c2C)cs1. The monoisotopic (exact) mass is 355 g/mol. The van der Waals surface area contributed by atoms with Gasteiger partial charge in [-0.25, -0.2) is 4.98 Å². The average Bonchev–Trinajstić information content (AvgIpc) is 3.21. The first-order chi connectivity index (χ1) is 12.2. The second kappa shape index (κ2) is 6.44. The summed E-state index contributed by atoms with van der Waals surface area (Å²) in [6.45, 7) is 5.58. The van der Waals surface area contributed by atoms with Crippen molar-refractivity contribution in [2.24, 2.45) is 0 Å². The van der Waals surface area contributed by atoms with E-state index in [1.54, 1.807) is 11.3 Å². The zero-order valence-corrected chi connectivity index (χ0v) is 15.4. The highest BCUT2D eigenvalue weighted by Crippen LogP contribution is 2.33. The summed E-state index contributed by atoms with van der Waals surface area (Å²) in [6, 6.07) is 10.0. The number of hydrogen-bond acceptors (Lipinski definition) is 5. The van der Waals surface area contributed by atoms with Crippen LogP contribution < -0.4 is 14.8 Å². The van der Waals surface area contributed by atoms with E-state index in [2.05, 4.69) is 40.2 Å². The third-order valence-electron chi connectivity index (χ3n) is 4.52. The Labute approximate surface area is 151 Å². The predicted octanol–water partition coefficient (Wildman–Crippen LogP) is 4.11. The van der Waals surface area contributed by atoms with Gasteiger partial charge in [-0.1, -0.05) is 12.1 Å². The maximum absolute atomic E-state index is 6.11. The highest BCUT2D eigenvalue weighted by Gasteiger charge is 2.23. The molecule has 0 spiro atoms. The molecule has 3 heterocycles. The second-order valence-electron chi connectivity index (χ2n) is 6.18. The van der Waals surface area contributed by atoms with Crippen molar-refractivity contribution < 1.29 is 9.47 Å². The molecule has 0 bridgehead atoms. The van der Waals surface area contributed by atoms with Crippen molar-refractivity contribution in [3.63, 3.8) is 0 Å². The minimum atomic E-state index is -0.00384. The molecule has 130 valence electrons. The first-order valence-corrected chi connectivity index (χ1v) is 9.22. The van der Waals surface area contributed by atoms with Crippen LogP contribution in [-0.4, -0.2) is 29.3 Å². The van der Waals surface area contributed by atoms with Gasteiger partial charge < -0.3 is 19.4 Å². The lowest BCUT2D eigenvalue weighted by Crippen LogP contribution is -2.33. The molecule has 1 atom stereocenters. The molecular formula is C19H21N3O2S. The minimum absolute atomic E-state index is 0.00384. The number of aryl methyl sites for hydroxylation is 1. The normalized spacial score (nSPS) is 16.0. The molecular weight excluding hydrogens is 334 g/mol. The van der Waals surface area contributed by atoms with Crippen LogP contribution in [0, 0.1) is 13.8 Å². The summed E-state index contributed by atoms with van der Waals surface area (Å²) in [5.74, 6) is 1.64. The van der Waals surface area contributed by atoms with Crippen LogP contribution in [0.25, 0.3) is 11.3 Å². The zero-order valence-electron chi connectivity index (χ0n) is 14.6. The number of benzene rings is 1. The number of rotatable bonds is 4. The van der Waals surface area contributed by atoms with Crippen LogP contribution in [-0.2, 0) is 6.54 Å². The van der Waals surface area contributed by atoms with Crippen LogP contribution in [0.3, 0.4) is 0 Å².